The first-order valence-corrected chi connectivity index (χ1v) is 12.8. The normalized spacial score (nSPS) is 14.7. The molecule has 0 aromatic heterocycles. The highest BCUT2D eigenvalue weighted by atomic mass is 35.5. The number of hydrogen-bond donors (Lipinski definition) is 0. The van der Waals surface area contributed by atoms with Crippen LogP contribution in [0.15, 0.2) is 30.3 Å². The fraction of sp³-hybridized carbons (Fsp3) is 0.500. The van der Waals surface area contributed by atoms with Gasteiger partial charge in [-0.15, -0.1) is 13.2 Å². The molecule has 214 valence electrons. The molecular formula is C28H32ClF4NO5. The standard InChI is InChI=1S/C28H32ClF4NO5/c1-15(2)24(26(36)39-27(3,4)5)34(6)25(35)22-13-21(16-7-8-16)17(9-23(22)30)14-37-19-10-18(29)11-20(12-19)38-28(31,32)33/h9-13,15-16,24H,7-8,14H2,1-6H3/t24-/m0/s1. The van der Waals surface area contributed by atoms with Crippen molar-refractivity contribution >= 4 is 23.5 Å². The lowest BCUT2D eigenvalue weighted by Crippen LogP contribution is -2.48. The quantitative estimate of drug-likeness (QED) is 0.233. The monoisotopic (exact) mass is 573 g/mol. The number of halogens is 5. The van der Waals surface area contributed by atoms with Crippen molar-refractivity contribution in [2.75, 3.05) is 7.05 Å². The van der Waals surface area contributed by atoms with E-state index in [9.17, 15) is 22.8 Å². The van der Waals surface area contributed by atoms with Gasteiger partial charge in [0, 0.05) is 18.1 Å². The van der Waals surface area contributed by atoms with Gasteiger partial charge in [-0.1, -0.05) is 25.4 Å². The van der Waals surface area contributed by atoms with Crippen molar-refractivity contribution in [3.63, 3.8) is 0 Å². The summed E-state index contributed by atoms with van der Waals surface area (Å²) in [4.78, 5) is 27.4. The fourth-order valence-electron chi connectivity index (χ4n) is 4.22. The predicted molar refractivity (Wildman–Crippen MR) is 137 cm³/mol. The van der Waals surface area contributed by atoms with Crippen LogP contribution in [0.4, 0.5) is 17.6 Å². The SMILES string of the molecule is CC(C)[C@@H](C(=O)OC(C)(C)C)N(C)C(=O)c1cc(C2CC2)c(COc2cc(Cl)cc(OC(F)(F)F)c2)cc1F. The topological polar surface area (TPSA) is 65.1 Å². The van der Waals surface area contributed by atoms with Crippen LogP contribution >= 0.6 is 11.6 Å². The first kappa shape index (κ1) is 30.5. The second-order valence-corrected chi connectivity index (χ2v) is 11.3. The molecule has 1 fully saturated rings. The summed E-state index contributed by atoms with van der Waals surface area (Å²) in [6.07, 6.45) is -3.25. The molecule has 1 aliphatic rings. The maximum Gasteiger partial charge on any atom is 0.573 e. The number of hydrogen-bond acceptors (Lipinski definition) is 5. The molecule has 1 saturated carbocycles. The molecule has 0 spiro atoms. The summed E-state index contributed by atoms with van der Waals surface area (Å²) in [6.45, 7) is 8.53. The molecule has 3 rings (SSSR count). The number of nitrogens with zero attached hydrogens (tertiary/aromatic N) is 1. The molecule has 0 saturated heterocycles. The Balaban J connectivity index is 1.86. The van der Waals surface area contributed by atoms with Crippen molar-refractivity contribution in [3.8, 4) is 11.5 Å². The Morgan fingerprint density at radius 1 is 1.05 bits per heavy atom. The van der Waals surface area contributed by atoms with Gasteiger partial charge in [0.15, 0.2) is 0 Å². The maximum absolute atomic E-state index is 15.3. The number of benzene rings is 2. The summed E-state index contributed by atoms with van der Waals surface area (Å²) in [5, 5.41) is -0.0333. The number of carbonyl (C=O) groups is 2. The van der Waals surface area contributed by atoms with Gasteiger partial charge in [0.05, 0.1) is 5.56 Å². The van der Waals surface area contributed by atoms with E-state index >= 15 is 4.39 Å². The van der Waals surface area contributed by atoms with Crippen molar-refractivity contribution in [2.24, 2.45) is 5.92 Å². The Bertz CT molecular complexity index is 1220. The van der Waals surface area contributed by atoms with Crippen molar-refractivity contribution in [3.05, 3.63) is 57.9 Å². The van der Waals surface area contributed by atoms with Crippen molar-refractivity contribution in [2.45, 2.75) is 78.0 Å². The van der Waals surface area contributed by atoms with Crippen molar-refractivity contribution in [1.29, 1.82) is 0 Å². The van der Waals surface area contributed by atoms with Crippen molar-refractivity contribution < 1.29 is 41.4 Å². The molecule has 1 aliphatic carbocycles. The summed E-state index contributed by atoms with van der Waals surface area (Å²) >= 11 is 5.91. The smallest absolute Gasteiger partial charge is 0.489 e. The highest BCUT2D eigenvalue weighted by Gasteiger charge is 2.36. The van der Waals surface area contributed by atoms with Crippen LogP contribution in [0.1, 0.15) is 74.9 Å². The largest absolute Gasteiger partial charge is 0.573 e. The van der Waals surface area contributed by atoms with Gasteiger partial charge in [-0.25, -0.2) is 9.18 Å². The molecule has 1 amide bonds. The Morgan fingerprint density at radius 3 is 2.21 bits per heavy atom. The molecule has 6 nitrogen and oxygen atoms in total. The van der Waals surface area contributed by atoms with E-state index in [0.29, 0.717) is 11.1 Å². The average molecular weight is 574 g/mol. The predicted octanol–water partition coefficient (Wildman–Crippen LogP) is 7.27. The zero-order valence-corrected chi connectivity index (χ0v) is 23.4. The van der Waals surface area contributed by atoms with Gasteiger partial charge in [-0.05, 0) is 80.8 Å². The van der Waals surface area contributed by atoms with Gasteiger partial charge in [0.1, 0.15) is 35.6 Å². The number of likely N-dealkylation sites (N-methyl/N-ethyl adjacent to an activating group) is 1. The molecule has 1 atom stereocenters. The summed E-state index contributed by atoms with van der Waals surface area (Å²) < 4.78 is 68.2. The molecule has 2 aromatic carbocycles. The van der Waals surface area contributed by atoms with E-state index in [1.165, 1.54) is 30.1 Å². The lowest BCUT2D eigenvalue weighted by atomic mass is 9.97. The minimum atomic E-state index is -4.90. The molecular weight excluding hydrogens is 542 g/mol. The average Bonchev–Trinajstić information content (AvgIpc) is 3.59. The Labute approximate surface area is 230 Å². The fourth-order valence-corrected chi connectivity index (χ4v) is 4.44. The first-order valence-electron chi connectivity index (χ1n) is 12.5. The van der Waals surface area contributed by atoms with Crippen molar-refractivity contribution in [1.82, 2.24) is 4.90 Å². The molecule has 0 aliphatic heterocycles. The number of rotatable bonds is 9. The second-order valence-electron chi connectivity index (χ2n) is 10.9. The Hall–Kier alpha value is -3.01. The second kappa shape index (κ2) is 11.6. The summed E-state index contributed by atoms with van der Waals surface area (Å²) in [5.74, 6) is -2.83. The van der Waals surface area contributed by atoms with E-state index in [0.717, 1.165) is 25.0 Å². The third-order valence-corrected chi connectivity index (χ3v) is 6.18. The van der Waals surface area contributed by atoms with E-state index in [2.05, 4.69) is 4.74 Å². The molecule has 2 aromatic rings. The minimum Gasteiger partial charge on any atom is -0.489 e. The molecule has 0 bridgehead atoms. The zero-order chi connectivity index (χ0) is 29.3. The summed E-state index contributed by atoms with van der Waals surface area (Å²) in [7, 11) is 1.43. The number of amides is 1. The van der Waals surface area contributed by atoms with Gasteiger partial charge in [0.25, 0.3) is 5.91 Å². The minimum absolute atomic E-state index is 0.000859. The molecule has 11 heteroatoms. The van der Waals surface area contributed by atoms with E-state index in [4.69, 9.17) is 21.1 Å². The first-order chi connectivity index (χ1) is 17.9. The lowest BCUT2D eigenvalue weighted by molar-refractivity contribution is -0.274. The van der Waals surface area contributed by atoms with E-state index in [1.54, 1.807) is 34.6 Å². The van der Waals surface area contributed by atoms with Crippen LogP contribution in [0.2, 0.25) is 5.02 Å². The molecule has 39 heavy (non-hydrogen) atoms. The third-order valence-electron chi connectivity index (χ3n) is 5.97. The van der Waals surface area contributed by atoms with Crippen LogP contribution in [-0.4, -0.2) is 41.8 Å². The molecule has 0 unspecified atom stereocenters. The van der Waals surface area contributed by atoms with Gasteiger partial charge in [-0.3, -0.25) is 4.79 Å². The van der Waals surface area contributed by atoms with Crippen LogP contribution < -0.4 is 9.47 Å². The van der Waals surface area contributed by atoms with Crippen LogP contribution in [-0.2, 0) is 16.1 Å². The highest BCUT2D eigenvalue weighted by molar-refractivity contribution is 6.30. The highest BCUT2D eigenvalue weighted by Crippen LogP contribution is 2.43. The van der Waals surface area contributed by atoms with Gasteiger partial charge < -0.3 is 19.1 Å². The van der Waals surface area contributed by atoms with E-state index in [-0.39, 0.29) is 34.8 Å². The number of ether oxygens (including phenoxy) is 3. The summed E-state index contributed by atoms with van der Waals surface area (Å²) in [6, 6.07) is 5.06. The molecule has 0 radical (unpaired) electrons. The van der Waals surface area contributed by atoms with Gasteiger partial charge in [0.2, 0.25) is 0 Å². The Kier molecular flexibility index (Phi) is 9.09. The maximum atomic E-state index is 15.3. The number of carbonyl (C=O) groups excluding carboxylic acids is 2. The third kappa shape index (κ3) is 8.49. The van der Waals surface area contributed by atoms with E-state index < -0.39 is 41.4 Å². The van der Waals surface area contributed by atoms with Crippen LogP contribution in [0.3, 0.4) is 0 Å². The van der Waals surface area contributed by atoms with Gasteiger partial charge >= 0.3 is 12.3 Å². The summed E-state index contributed by atoms with van der Waals surface area (Å²) in [5.41, 5.74) is 0.185. The zero-order valence-electron chi connectivity index (χ0n) is 22.6. The van der Waals surface area contributed by atoms with Crippen LogP contribution in [0.25, 0.3) is 0 Å². The number of alkyl halides is 3. The number of esters is 1. The Morgan fingerprint density at radius 2 is 1.67 bits per heavy atom. The molecule has 0 N–H and O–H groups in total. The van der Waals surface area contributed by atoms with Crippen LogP contribution in [0.5, 0.6) is 11.5 Å². The van der Waals surface area contributed by atoms with Gasteiger partial charge in [-0.2, -0.15) is 0 Å². The van der Waals surface area contributed by atoms with Crippen LogP contribution in [0, 0.1) is 11.7 Å². The molecule has 0 heterocycles. The van der Waals surface area contributed by atoms with E-state index in [1.807, 2.05) is 0 Å². The lowest BCUT2D eigenvalue weighted by Gasteiger charge is -2.32.